The summed E-state index contributed by atoms with van der Waals surface area (Å²) in [6.07, 6.45) is -1.02. The summed E-state index contributed by atoms with van der Waals surface area (Å²) >= 11 is 12.1. The Morgan fingerprint density at radius 1 is 1.45 bits per heavy atom. The Labute approximate surface area is 211 Å². The van der Waals surface area contributed by atoms with Gasteiger partial charge in [-0.1, -0.05) is 55.8 Å². The van der Waals surface area contributed by atoms with Crippen LogP contribution in [-0.4, -0.2) is 67.7 Å². The number of rotatable bonds is 6. The normalized spacial score (nSPS) is 25.2. The van der Waals surface area contributed by atoms with Crippen LogP contribution in [0.15, 0.2) is 33.8 Å². The van der Waals surface area contributed by atoms with Crippen molar-refractivity contribution in [2.45, 2.75) is 41.6 Å². The molecule has 2 N–H and O–H groups in total. The molecule has 174 valence electrons. The number of aromatic nitrogens is 4. The molecule has 4 rings (SSSR count). The Morgan fingerprint density at radius 2 is 2.24 bits per heavy atom. The number of thiazole rings is 1. The minimum absolute atomic E-state index is 0.405. The number of thioether (sulfide) groups is 1. The molecule has 1 fully saturated rings. The predicted molar refractivity (Wildman–Crippen MR) is 127 cm³/mol. The quantitative estimate of drug-likeness (QED) is 0.457. The van der Waals surface area contributed by atoms with Crippen LogP contribution in [0.5, 0.6) is 0 Å². The molecule has 33 heavy (non-hydrogen) atoms. The van der Waals surface area contributed by atoms with Gasteiger partial charge in [-0.2, -0.15) is 5.26 Å². The first-order valence-electron chi connectivity index (χ1n) is 9.74. The average Bonchev–Trinajstić information content (AvgIpc) is 3.41. The van der Waals surface area contributed by atoms with Gasteiger partial charge in [-0.05, 0) is 25.1 Å². The number of methoxy groups -OCH3 is 1. The highest BCUT2D eigenvalue weighted by Crippen LogP contribution is 2.41. The van der Waals surface area contributed by atoms with Gasteiger partial charge in [0.05, 0.1) is 24.1 Å². The van der Waals surface area contributed by atoms with E-state index in [-0.39, 0.29) is 0 Å². The van der Waals surface area contributed by atoms with Gasteiger partial charge in [0.1, 0.15) is 50.9 Å². The fourth-order valence-corrected chi connectivity index (χ4v) is 6.34. The van der Waals surface area contributed by atoms with Crippen molar-refractivity contribution in [1.82, 2.24) is 20.0 Å². The minimum atomic E-state index is -1.12. The lowest BCUT2D eigenvalue weighted by atomic mass is 9.97. The number of aliphatic hydroxyl groups excluding tert-OH is 2. The molecule has 1 saturated heterocycles. The Bertz CT molecular complexity index is 1170. The Hall–Kier alpha value is -1.56. The molecule has 1 aromatic carbocycles. The molecule has 13 heteroatoms. The summed E-state index contributed by atoms with van der Waals surface area (Å²) in [5, 5.41) is 39.4. The first-order valence-corrected chi connectivity index (χ1v) is 12.6. The lowest BCUT2D eigenvalue weighted by Crippen LogP contribution is -2.55. The average molecular weight is 573 g/mol. The molecule has 0 amide bonds. The van der Waals surface area contributed by atoms with Crippen molar-refractivity contribution in [2.24, 2.45) is 0 Å². The highest BCUT2D eigenvalue weighted by Gasteiger charge is 2.47. The van der Waals surface area contributed by atoms with E-state index in [9.17, 15) is 15.5 Å². The molecule has 0 aliphatic carbocycles. The second-order valence-electron chi connectivity index (χ2n) is 7.24. The summed E-state index contributed by atoms with van der Waals surface area (Å²) in [5.41, 5.74) is 1.04. The zero-order valence-electron chi connectivity index (χ0n) is 17.4. The zero-order valence-corrected chi connectivity index (χ0v) is 21.4. The van der Waals surface area contributed by atoms with Crippen molar-refractivity contribution in [2.75, 3.05) is 13.7 Å². The molecule has 5 atom stereocenters. The van der Waals surface area contributed by atoms with Crippen LogP contribution >= 0.6 is 50.6 Å². The summed E-state index contributed by atoms with van der Waals surface area (Å²) in [7, 11) is 1.51. The number of benzene rings is 1. The maximum Gasteiger partial charge on any atom is 0.147 e. The van der Waals surface area contributed by atoms with Gasteiger partial charge in [0.2, 0.25) is 0 Å². The van der Waals surface area contributed by atoms with Gasteiger partial charge in [0.25, 0.3) is 0 Å². The van der Waals surface area contributed by atoms with Crippen LogP contribution in [0, 0.1) is 18.3 Å². The summed E-state index contributed by atoms with van der Waals surface area (Å²) in [6.45, 7) is 1.40. The number of aliphatic hydroxyl groups is 2. The number of ether oxygens (including phenoxy) is 2. The highest BCUT2D eigenvalue weighted by molar-refractivity contribution is 9.10. The molecular formula is C20H19BrClN5O4S2. The summed E-state index contributed by atoms with van der Waals surface area (Å²) < 4.78 is 14.6. The Morgan fingerprint density at radius 3 is 2.88 bits per heavy atom. The molecule has 1 aliphatic heterocycles. The van der Waals surface area contributed by atoms with Crippen LogP contribution in [-0.2, 0) is 9.47 Å². The molecule has 3 aromatic rings. The predicted octanol–water partition coefficient (Wildman–Crippen LogP) is 3.42. The summed E-state index contributed by atoms with van der Waals surface area (Å²) in [5.74, 6) is 0. The molecule has 0 spiro atoms. The second kappa shape index (κ2) is 10.4. The van der Waals surface area contributed by atoms with E-state index in [0.29, 0.717) is 31.2 Å². The lowest BCUT2D eigenvalue weighted by Gasteiger charge is -2.43. The van der Waals surface area contributed by atoms with Gasteiger partial charge < -0.3 is 19.7 Å². The molecule has 0 bridgehead atoms. The largest absolute Gasteiger partial charge is 0.394 e. The number of nitriles is 1. The Kier molecular flexibility index (Phi) is 7.72. The Balaban J connectivity index is 1.68. The van der Waals surface area contributed by atoms with E-state index in [2.05, 4.69) is 37.3 Å². The van der Waals surface area contributed by atoms with E-state index in [1.807, 2.05) is 6.07 Å². The van der Waals surface area contributed by atoms with E-state index in [4.69, 9.17) is 21.1 Å². The SMILES string of the molecule is CO[C@@H]1[C@@H](n2cc(-c3nc(C)c(Cl)s3)nn2)[C@@H](O)[C@@H](CO)O[C@@H]1Sc1cc(Br)ccc1C#N. The van der Waals surface area contributed by atoms with E-state index in [1.54, 1.807) is 25.3 Å². The number of hydrogen-bond donors (Lipinski definition) is 2. The molecule has 3 heterocycles. The maximum atomic E-state index is 11.0. The molecule has 0 saturated carbocycles. The third-order valence-corrected chi connectivity index (χ3v) is 8.35. The smallest absolute Gasteiger partial charge is 0.147 e. The van der Waals surface area contributed by atoms with Crippen molar-refractivity contribution in [3.05, 3.63) is 44.5 Å². The van der Waals surface area contributed by atoms with E-state index >= 15 is 0 Å². The van der Waals surface area contributed by atoms with Gasteiger partial charge in [-0.3, -0.25) is 0 Å². The number of hydrogen-bond acceptors (Lipinski definition) is 10. The number of nitrogens with zero attached hydrogens (tertiary/aromatic N) is 5. The van der Waals surface area contributed by atoms with Crippen LogP contribution in [0.4, 0.5) is 0 Å². The minimum Gasteiger partial charge on any atom is -0.394 e. The summed E-state index contributed by atoms with van der Waals surface area (Å²) in [6, 6.07) is 6.76. The van der Waals surface area contributed by atoms with Gasteiger partial charge in [-0.15, -0.1) is 5.10 Å². The maximum absolute atomic E-state index is 11.0. The zero-order chi connectivity index (χ0) is 23.7. The fourth-order valence-electron chi connectivity index (χ4n) is 3.53. The van der Waals surface area contributed by atoms with Crippen molar-refractivity contribution >= 4 is 50.6 Å². The van der Waals surface area contributed by atoms with Crippen molar-refractivity contribution in [3.63, 3.8) is 0 Å². The molecule has 0 radical (unpaired) electrons. The van der Waals surface area contributed by atoms with Crippen LogP contribution in [0.3, 0.4) is 0 Å². The topological polar surface area (TPSA) is 126 Å². The van der Waals surface area contributed by atoms with E-state index < -0.39 is 36.4 Å². The molecule has 1 aliphatic rings. The standard InChI is InChI=1S/C20H19BrClN5O4S2/c1-9-18(22)33-19(24-9)12-7-27(26-25-12)15-16(29)13(8-28)31-20(17(15)30-2)32-14-5-11(21)4-3-10(14)6-23/h3-5,7,13,15-17,20,28-29H,8H2,1-2H3/t13-,15+,16+,17-,20-/m1/s1. The lowest BCUT2D eigenvalue weighted by molar-refractivity contribution is -0.186. The van der Waals surface area contributed by atoms with Crippen LogP contribution in [0.25, 0.3) is 10.7 Å². The molecular weight excluding hydrogens is 554 g/mol. The number of halogens is 2. The van der Waals surface area contributed by atoms with E-state index in [0.717, 1.165) is 4.47 Å². The fraction of sp³-hybridized carbons (Fsp3) is 0.400. The molecule has 9 nitrogen and oxygen atoms in total. The van der Waals surface area contributed by atoms with Gasteiger partial charge in [-0.25, -0.2) is 9.67 Å². The van der Waals surface area contributed by atoms with Crippen molar-refractivity contribution in [3.8, 4) is 16.8 Å². The highest BCUT2D eigenvalue weighted by atomic mass is 79.9. The van der Waals surface area contributed by atoms with Gasteiger partial charge >= 0.3 is 0 Å². The third kappa shape index (κ3) is 4.96. The number of aryl methyl sites for hydroxylation is 1. The van der Waals surface area contributed by atoms with Crippen LogP contribution < -0.4 is 0 Å². The van der Waals surface area contributed by atoms with Gasteiger partial charge in [0, 0.05) is 16.5 Å². The molecule has 2 aromatic heterocycles. The van der Waals surface area contributed by atoms with Crippen LogP contribution in [0.2, 0.25) is 4.34 Å². The first-order chi connectivity index (χ1) is 15.9. The second-order valence-corrected chi connectivity index (χ2v) is 10.9. The van der Waals surface area contributed by atoms with E-state index in [1.165, 1.54) is 34.9 Å². The first kappa shape index (κ1) is 24.6. The van der Waals surface area contributed by atoms with Crippen LogP contribution in [0.1, 0.15) is 17.3 Å². The van der Waals surface area contributed by atoms with Gasteiger partial charge in [0.15, 0.2) is 0 Å². The monoisotopic (exact) mass is 571 g/mol. The van der Waals surface area contributed by atoms with Crippen molar-refractivity contribution < 1.29 is 19.7 Å². The molecule has 0 unspecified atom stereocenters. The third-order valence-electron chi connectivity index (χ3n) is 5.18. The van der Waals surface area contributed by atoms with Crippen molar-refractivity contribution in [1.29, 1.82) is 5.26 Å². The summed E-state index contributed by atoms with van der Waals surface area (Å²) in [4.78, 5) is 5.08.